The van der Waals surface area contributed by atoms with Crippen molar-refractivity contribution in [2.45, 2.75) is 6.54 Å². The molecule has 1 aromatic heterocycles. The minimum absolute atomic E-state index is 0.0595. The van der Waals surface area contributed by atoms with Gasteiger partial charge in [0, 0.05) is 24.3 Å². The lowest BCUT2D eigenvalue weighted by Gasteiger charge is -2.18. The quantitative estimate of drug-likeness (QED) is 0.753. The highest BCUT2D eigenvalue weighted by Crippen LogP contribution is 2.20. The Labute approximate surface area is 128 Å². The normalized spacial score (nSPS) is 10.3. The van der Waals surface area contributed by atoms with Crippen molar-refractivity contribution in [1.82, 2.24) is 9.88 Å². The number of halogens is 2. The maximum Gasteiger partial charge on any atom is 0.256 e. The van der Waals surface area contributed by atoms with Crippen LogP contribution in [0.5, 0.6) is 0 Å². The van der Waals surface area contributed by atoms with Crippen molar-refractivity contribution in [3.63, 3.8) is 0 Å². The van der Waals surface area contributed by atoms with Crippen LogP contribution in [0, 0.1) is 0 Å². The molecule has 19 heavy (non-hydrogen) atoms. The molecule has 0 N–H and O–H groups in total. The van der Waals surface area contributed by atoms with E-state index in [2.05, 4.69) is 36.8 Å². The van der Waals surface area contributed by atoms with Gasteiger partial charge in [-0.15, -0.1) is 0 Å². The number of pyridine rings is 1. The maximum absolute atomic E-state index is 12.3. The summed E-state index contributed by atoms with van der Waals surface area (Å²) in [5.74, 6) is -0.0595. The third-order valence-corrected chi connectivity index (χ3v) is 4.11. The number of aromatic nitrogens is 1. The van der Waals surface area contributed by atoms with E-state index in [1.165, 1.54) is 0 Å². The van der Waals surface area contributed by atoms with Crippen LogP contribution in [-0.2, 0) is 6.54 Å². The average Bonchev–Trinajstić information content (AvgIpc) is 2.41. The fraction of sp³-hybridized carbons (Fsp3) is 0.143. The summed E-state index contributed by atoms with van der Waals surface area (Å²) in [5.41, 5.74) is 1.63. The Morgan fingerprint density at radius 2 is 1.95 bits per heavy atom. The largest absolute Gasteiger partial charge is 0.337 e. The molecule has 2 aromatic rings. The molecule has 98 valence electrons. The number of carbonyl (C=O) groups excluding carboxylic acids is 1. The number of hydrogen-bond donors (Lipinski definition) is 0. The molecule has 0 bridgehead atoms. The third-order valence-electron chi connectivity index (χ3n) is 2.70. The van der Waals surface area contributed by atoms with E-state index in [0.717, 1.165) is 10.0 Å². The van der Waals surface area contributed by atoms with Gasteiger partial charge in [-0.3, -0.25) is 4.79 Å². The highest BCUT2D eigenvalue weighted by molar-refractivity contribution is 9.10. The Hall–Kier alpha value is -1.20. The fourth-order valence-corrected chi connectivity index (χ4v) is 2.54. The van der Waals surface area contributed by atoms with Crippen molar-refractivity contribution < 1.29 is 4.79 Å². The van der Waals surface area contributed by atoms with E-state index < -0.39 is 0 Å². The van der Waals surface area contributed by atoms with Crippen molar-refractivity contribution in [3.8, 4) is 0 Å². The van der Waals surface area contributed by atoms with Crippen LogP contribution < -0.4 is 0 Å². The molecule has 2 rings (SSSR count). The zero-order valence-corrected chi connectivity index (χ0v) is 13.5. The summed E-state index contributed by atoms with van der Waals surface area (Å²) in [7, 11) is 1.78. The second-order valence-corrected chi connectivity index (χ2v) is 5.70. The van der Waals surface area contributed by atoms with Crippen molar-refractivity contribution in [3.05, 3.63) is 62.8 Å². The second-order valence-electron chi connectivity index (χ2n) is 4.09. The van der Waals surface area contributed by atoms with Gasteiger partial charge in [0.15, 0.2) is 0 Å². The highest BCUT2D eigenvalue weighted by Gasteiger charge is 2.16. The summed E-state index contributed by atoms with van der Waals surface area (Å²) < 4.78 is 1.57. The Balaban J connectivity index is 2.17. The Morgan fingerprint density at radius 1 is 1.21 bits per heavy atom. The van der Waals surface area contributed by atoms with Gasteiger partial charge in [0.1, 0.15) is 4.60 Å². The van der Waals surface area contributed by atoms with Crippen LogP contribution >= 0.6 is 31.9 Å². The molecule has 0 aliphatic carbocycles. The first-order valence-corrected chi connectivity index (χ1v) is 7.27. The zero-order valence-electron chi connectivity index (χ0n) is 10.3. The van der Waals surface area contributed by atoms with E-state index in [0.29, 0.717) is 16.7 Å². The molecule has 0 aliphatic heterocycles. The van der Waals surface area contributed by atoms with Gasteiger partial charge in [-0.1, -0.05) is 34.1 Å². The van der Waals surface area contributed by atoms with E-state index in [1.807, 2.05) is 24.3 Å². The molecule has 0 saturated carbocycles. The highest BCUT2D eigenvalue weighted by atomic mass is 79.9. The van der Waals surface area contributed by atoms with Gasteiger partial charge in [-0.25, -0.2) is 4.98 Å². The summed E-state index contributed by atoms with van der Waals surface area (Å²) in [4.78, 5) is 18.1. The smallest absolute Gasteiger partial charge is 0.256 e. The van der Waals surface area contributed by atoms with Crippen LogP contribution in [0.25, 0.3) is 0 Å². The first kappa shape index (κ1) is 14.2. The molecule has 1 heterocycles. The van der Waals surface area contributed by atoms with Crippen molar-refractivity contribution in [2.75, 3.05) is 7.05 Å². The van der Waals surface area contributed by atoms with E-state index in [1.54, 1.807) is 30.3 Å². The van der Waals surface area contributed by atoms with Crippen LogP contribution in [0.2, 0.25) is 0 Å². The van der Waals surface area contributed by atoms with E-state index in [-0.39, 0.29) is 5.91 Å². The molecule has 0 fully saturated rings. The van der Waals surface area contributed by atoms with E-state index in [9.17, 15) is 4.79 Å². The first-order valence-electron chi connectivity index (χ1n) is 5.69. The molecule has 0 saturated heterocycles. The molecule has 0 aliphatic rings. The van der Waals surface area contributed by atoms with Crippen molar-refractivity contribution >= 4 is 37.8 Å². The summed E-state index contributed by atoms with van der Waals surface area (Å²) in [6, 6.07) is 11.4. The Morgan fingerprint density at radius 3 is 2.63 bits per heavy atom. The average molecular weight is 384 g/mol. The summed E-state index contributed by atoms with van der Waals surface area (Å²) in [6.07, 6.45) is 1.65. The van der Waals surface area contributed by atoms with Crippen LogP contribution in [0.15, 0.2) is 51.7 Å². The molecular formula is C14H12Br2N2O. The van der Waals surface area contributed by atoms with E-state index >= 15 is 0 Å². The molecular weight excluding hydrogens is 372 g/mol. The summed E-state index contributed by atoms with van der Waals surface area (Å²) >= 11 is 6.78. The SMILES string of the molecule is CN(Cc1ccccc1Br)C(=O)c1cccnc1Br. The number of benzene rings is 1. The Bertz CT molecular complexity index is 602. The van der Waals surface area contributed by atoms with Crippen LogP contribution in [0.4, 0.5) is 0 Å². The zero-order chi connectivity index (χ0) is 13.8. The van der Waals surface area contributed by atoms with Crippen molar-refractivity contribution in [1.29, 1.82) is 0 Å². The maximum atomic E-state index is 12.3. The summed E-state index contributed by atoms with van der Waals surface area (Å²) in [5, 5.41) is 0. The topological polar surface area (TPSA) is 33.2 Å². The van der Waals surface area contributed by atoms with Gasteiger partial charge < -0.3 is 4.90 Å². The van der Waals surface area contributed by atoms with Gasteiger partial charge in [-0.05, 0) is 39.7 Å². The standard InChI is InChI=1S/C14H12Br2N2O/c1-18(9-10-5-2-3-7-12(10)15)14(19)11-6-4-8-17-13(11)16/h2-8H,9H2,1H3. The molecule has 0 spiro atoms. The molecule has 1 aromatic carbocycles. The van der Waals surface area contributed by atoms with Gasteiger partial charge >= 0.3 is 0 Å². The molecule has 5 heteroatoms. The first-order chi connectivity index (χ1) is 9.09. The van der Waals surface area contributed by atoms with Gasteiger partial charge in [0.2, 0.25) is 0 Å². The number of amides is 1. The van der Waals surface area contributed by atoms with Gasteiger partial charge in [0.05, 0.1) is 5.56 Å². The lowest BCUT2D eigenvalue weighted by molar-refractivity contribution is 0.0783. The van der Waals surface area contributed by atoms with Crippen LogP contribution in [-0.4, -0.2) is 22.8 Å². The third kappa shape index (κ3) is 3.42. The second kappa shape index (κ2) is 6.30. The lowest BCUT2D eigenvalue weighted by Crippen LogP contribution is -2.26. The predicted molar refractivity (Wildman–Crippen MR) is 81.9 cm³/mol. The number of nitrogens with zero attached hydrogens (tertiary/aromatic N) is 2. The predicted octanol–water partition coefficient (Wildman–Crippen LogP) is 3.88. The van der Waals surface area contributed by atoms with Crippen LogP contribution in [0.1, 0.15) is 15.9 Å². The Kier molecular flexibility index (Phi) is 4.71. The van der Waals surface area contributed by atoms with E-state index in [4.69, 9.17) is 0 Å². The molecule has 0 atom stereocenters. The summed E-state index contributed by atoms with van der Waals surface area (Å²) in [6.45, 7) is 0.543. The molecule has 1 amide bonds. The number of rotatable bonds is 3. The number of carbonyl (C=O) groups is 1. The van der Waals surface area contributed by atoms with Gasteiger partial charge in [-0.2, -0.15) is 0 Å². The number of hydrogen-bond acceptors (Lipinski definition) is 2. The van der Waals surface area contributed by atoms with Crippen molar-refractivity contribution in [2.24, 2.45) is 0 Å². The minimum atomic E-state index is -0.0595. The minimum Gasteiger partial charge on any atom is -0.337 e. The lowest BCUT2D eigenvalue weighted by atomic mass is 10.2. The molecule has 0 unspecified atom stereocenters. The fourth-order valence-electron chi connectivity index (χ4n) is 1.71. The van der Waals surface area contributed by atoms with Gasteiger partial charge in [0.25, 0.3) is 5.91 Å². The monoisotopic (exact) mass is 382 g/mol. The van der Waals surface area contributed by atoms with Crippen LogP contribution in [0.3, 0.4) is 0 Å². The molecule has 3 nitrogen and oxygen atoms in total. The molecule has 0 radical (unpaired) electrons.